The minimum atomic E-state index is -0.503. The van der Waals surface area contributed by atoms with Gasteiger partial charge in [0.05, 0.1) is 18.4 Å². The fourth-order valence-corrected chi connectivity index (χ4v) is 3.03. The van der Waals surface area contributed by atoms with Crippen molar-refractivity contribution in [3.63, 3.8) is 0 Å². The van der Waals surface area contributed by atoms with Gasteiger partial charge in [-0.05, 0) is 30.3 Å². The summed E-state index contributed by atoms with van der Waals surface area (Å²) < 4.78 is 25.7. The van der Waals surface area contributed by atoms with Crippen LogP contribution in [-0.4, -0.2) is 27.7 Å². The van der Waals surface area contributed by atoms with Gasteiger partial charge in [-0.1, -0.05) is 35.5 Å². The Bertz CT molecular complexity index is 1300. The average Bonchev–Trinajstić information content (AvgIpc) is 3.25. The Labute approximate surface area is 175 Å². The Morgan fingerprint density at radius 3 is 2.68 bits per heavy atom. The molecule has 4 rings (SSSR count). The third kappa shape index (κ3) is 4.20. The minimum Gasteiger partial charge on any atom is -0.495 e. The summed E-state index contributed by atoms with van der Waals surface area (Å²) >= 11 is 0. The molecule has 2 aromatic carbocycles. The van der Waals surface area contributed by atoms with Crippen LogP contribution in [0.15, 0.2) is 76.0 Å². The smallest absolute Gasteiger partial charge is 0.274 e. The second kappa shape index (κ2) is 8.62. The van der Waals surface area contributed by atoms with Crippen LogP contribution in [0, 0.1) is 5.82 Å². The molecule has 4 aromatic rings. The third-order valence-electron chi connectivity index (χ3n) is 4.49. The van der Waals surface area contributed by atoms with Crippen molar-refractivity contribution in [1.29, 1.82) is 0 Å². The number of benzene rings is 2. The molecule has 1 N–H and O–H groups in total. The van der Waals surface area contributed by atoms with Crippen LogP contribution in [0.25, 0.3) is 23.0 Å². The monoisotopic (exact) mass is 420 g/mol. The second-order valence-corrected chi connectivity index (χ2v) is 6.49. The first-order valence-electron chi connectivity index (χ1n) is 9.28. The number of pyridine rings is 1. The van der Waals surface area contributed by atoms with Gasteiger partial charge in [0.1, 0.15) is 23.8 Å². The Morgan fingerprint density at radius 2 is 1.87 bits per heavy atom. The summed E-state index contributed by atoms with van der Waals surface area (Å²) in [4.78, 5) is 29.3. The summed E-state index contributed by atoms with van der Waals surface area (Å²) in [6.45, 7) is -0.301. The van der Waals surface area contributed by atoms with Crippen molar-refractivity contribution in [2.75, 3.05) is 12.4 Å². The van der Waals surface area contributed by atoms with E-state index in [0.717, 1.165) is 0 Å². The summed E-state index contributed by atoms with van der Waals surface area (Å²) in [6.07, 6.45) is 0. The highest BCUT2D eigenvalue weighted by molar-refractivity contribution is 5.92. The predicted molar refractivity (Wildman–Crippen MR) is 111 cm³/mol. The van der Waals surface area contributed by atoms with Crippen LogP contribution in [-0.2, 0) is 11.3 Å². The lowest BCUT2D eigenvalue weighted by atomic mass is 10.2. The Kier molecular flexibility index (Phi) is 5.57. The Balaban J connectivity index is 1.63. The molecule has 156 valence electrons. The van der Waals surface area contributed by atoms with Crippen LogP contribution in [0.3, 0.4) is 0 Å². The van der Waals surface area contributed by atoms with E-state index >= 15 is 0 Å². The number of carbonyl (C=O) groups excluding carboxylic acids is 1. The van der Waals surface area contributed by atoms with E-state index < -0.39 is 17.3 Å². The molecule has 0 atom stereocenters. The van der Waals surface area contributed by atoms with E-state index in [-0.39, 0.29) is 29.5 Å². The van der Waals surface area contributed by atoms with E-state index in [2.05, 4.69) is 15.5 Å². The van der Waals surface area contributed by atoms with Crippen molar-refractivity contribution in [3.8, 4) is 28.7 Å². The zero-order valence-corrected chi connectivity index (χ0v) is 16.4. The van der Waals surface area contributed by atoms with Crippen LogP contribution < -0.4 is 15.6 Å². The number of nitrogens with one attached hydrogen (secondary N) is 1. The van der Waals surface area contributed by atoms with Gasteiger partial charge in [-0.15, -0.1) is 0 Å². The van der Waals surface area contributed by atoms with Gasteiger partial charge >= 0.3 is 0 Å². The topological polar surface area (TPSA) is 99.2 Å². The predicted octanol–water partition coefficient (Wildman–Crippen LogP) is 3.35. The first-order chi connectivity index (χ1) is 15.1. The number of nitrogens with zero attached hydrogens (tertiary/aromatic N) is 3. The maximum atomic E-state index is 14.0. The standard InChI is InChI=1S/C22H17FN4O4/c1-30-18-11-5-4-9-16(18)24-19(28)13-27-17(10-6-12-20(27)29)22-25-21(26-31-22)14-7-2-3-8-15(14)23/h2-12H,13H2,1H3,(H,24,28). The van der Waals surface area contributed by atoms with Gasteiger partial charge in [0, 0.05) is 6.07 Å². The van der Waals surface area contributed by atoms with Gasteiger partial charge in [0.25, 0.3) is 11.4 Å². The van der Waals surface area contributed by atoms with Crippen LogP contribution in [0.4, 0.5) is 10.1 Å². The summed E-state index contributed by atoms with van der Waals surface area (Å²) in [7, 11) is 1.49. The van der Waals surface area contributed by atoms with Crippen molar-refractivity contribution in [1.82, 2.24) is 14.7 Å². The number of hydrogen-bond acceptors (Lipinski definition) is 6. The molecule has 0 spiro atoms. The van der Waals surface area contributed by atoms with Gasteiger partial charge < -0.3 is 14.6 Å². The van der Waals surface area contributed by atoms with Crippen molar-refractivity contribution < 1.29 is 18.4 Å². The molecule has 0 aliphatic rings. The molecule has 2 heterocycles. The van der Waals surface area contributed by atoms with Crippen molar-refractivity contribution in [2.45, 2.75) is 6.54 Å². The molecule has 31 heavy (non-hydrogen) atoms. The first-order valence-corrected chi connectivity index (χ1v) is 9.28. The molecule has 0 saturated heterocycles. The van der Waals surface area contributed by atoms with Gasteiger partial charge in [-0.3, -0.25) is 14.2 Å². The lowest BCUT2D eigenvalue weighted by Gasteiger charge is -2.12. The average molecular weight is 420 g/mol. The summed E-state index contributed by atoms with van der Waals surface area (Å²) in [5.41, 5.74) is 0.437. The number of amides is 1. The van der Waals surface area contributed by atoms with E-state index in [0.29, 0.717) is 11.4 Å². The van der Waals surface area contributed by atoms with Crippen molar-refractivity contribution in [3.05, 3.63) is 82.9 Å². The van der Waals surface area contributed by atoms with E-state index in [1.54, 1.807) is 42.5 Å². The van der Waals surface area contributed by atoms with Crippen molar-refractivity contribution in [2.24, 2.45) is 0 Å². The number of carbonyl (C=O) groups is 1. The fraction of sp³-hybridized carbons (Fsp3) is 0.0909. The van der Waals surface area contributed by atoms with E-state index in [9.17, 15) is 14.0 Å². The Hall–Kier alpha value is -4.27. The Morgan fingerprint density at radius 1 is 1.10 bits per heavy atom. The molecule has 0 unspecified atom stereocenters. The molecule has 0 aliphatic carbocycles. The fourth-order valence-electron chi connectivity index (χ4n) is 3.03. The van der Waals surface area contributed by atoms with Crippen LogP contribution in [0.2, 0.25) is 0 Å². The number of ether oxygens (including phenoxy) is 1. The van der Waals surface area contributed by atoms with Crippen LogP contribution in [0.1, 0.15) is 0 Å². The van der Waals surface area contributed by atoms with Gasteiger partial charge in [0.15, 0.2) is 0 Å². The summed E-state index contributed by atoms with van der Waals surface area (Å²) in [5, 5.41) is 6.52. The minimum absolute atomic E-state index is 0.0129. The zero-order valence-electron chi connectivity index (χ0n) is 16.4. The first kappa shape index (κ1) is 20.0. The van der Waals surface area contributed by atoms with E-state index in [1.807, 2.05) is 0 Å². The lowest BCUT2D eigenvalue weighted by Crippen LogP contribution is -2.28. The van der Waals surface area contributed by atoms with Crippen LogP contribution in [0.5, 0.6) is 5.75 Å². The maximum absolute atomic E-state index is 14.0. The molecule has 1 amide bonds. The van der Waals surface area contributed by atoms with Crippen molar-refractivity contribution >= 4 is 11.6 Å². The van der Waals surface area contributed by atoms with E-state index in [4.69, 9.17) is 9.26 Å². The maximum Gasteiger partial charge on any atom is 0.274 e. The molecule has 0 fully saturated rings. The molecule has 0 bridgehead atoms. The summed E-state index contributed by atoms with van der Waals surface area (Å²) in [6, 6.07) is 17.3. The normalized spacial score (nSPS) is 10.6. The molecule has 8 nitrogen and oxygen atoms in total. The molecule has 9 heteroatoms. The van der Waals surface area contributed by atoms with Crippen LogP contribution >= 0.6 is 0 Å². The highest BCUT2D eigenvalue weighted by Gasteiger charge is 2.18. The zero-order chi connectivity index (χ0) is 21.8. The van der Waals surface area contributed by atoms with Gasteiger partial charge in [0.2, 0.25) is 11.7 Å². The number of rotatable bonds is 6. The number of methoxy groups -OCH3 is 1. The SMILES string of the molecule is COc1ccccc1NC(=O)Cn1c(-c2nc(-c3ccccc3F)no2)cccc1=O. The lowest BCUT2D eigenvalue weighted by molar-refractivity contribution is -0.116. The number of halogens is 1. The number of hydrogen-bond donors (Lipinski definition) is 1. The highest BCUT2D eigenvalue weighted by Crippen LogP contribution is 2.25. The molecular weight excluding hydrogens is 403 g/mol. The quantitative estimate of drug-likeness (QED) is 0.514. The summed E-state index contributed by atoms with van der Waals surface area (Å²) in [5.74, 6) is -0.442. The molecule has 0 aliphatic heterocycles. The third-order valence-corrected chi connectivity index (χ3v) is 4.49. The van der Waals surface area contributed by atoms with Gasteiger partial charge in [-0.2, -0.15) is 4.98 Å². The molecule has 2 aromatic heterocycles. The number of para-hydroxylation sites is 2. The molecular formula is C22H17FN4O4. The van der Waals surface area contributed by atoms with E-state index in [1.165, 1.54) is 35.9 Å². The van der Waals surface area contributed by atoms with Gasteiger partial charge in [-0.25, -0.2) is 4.39 Å². The number of aromatic nitrogens is 3. The second-order valence-electron chi connectivity index (χ2n) is 6.49. The number of anilines is 1. The highest BCUT2D eigenvalue weighted by atomic mass is 19.1. The largest absolute Gasteiger partial charge is 0.495 e. The molecule has 0 saturated carbocycles. The molecule has 0 radical (unpaired) electrons.